The van der Waals surface area contributed by atoms with Gasteiger partial charge in [-0.3, -0.25) is 4.79 Å². The number of halogens is 1. The van der Waals surface area contributed by atoms with Crippen molar-refractivity contribution in [1.29, 1.82) is 0 Å². The van der Waals surface area contributed by atoms with Crippen molar-refractivity contribution in [1.82, 2.24) is 10.3 Å². The van der Waals surface area contributed by atoms with Gasteiger partial charge in [-0.25, -0.2) is 4.39 Å². The lowest BCUT2D eigenvalue weighted by Gasteiger charge is -2.06. The van der Waals surface area contributed by atoms with Gasteiger partial charge in [-0.15, -0.1) is 0 Å². The Morgan fingerprint density at radius 1 is 1.17 bits per heavy atom. The second kappa shape index (κ2) is 6.24. The lowest BCUT2D eigenvalue weighted by Crippen LogP contribution is -2.26. The molecule has 1 heterocycles. The van der Waals surface area contributed by atoms with Crippen LogP contribution >= 0.6 is 0 Å². The third-order valence-corrected chi connectivity index (χ3v) is 4.08. The van der Waals surface area contributed by atoms with E-state index in [9.17, 15) is 9.18 Å². The molecule has 0 unspecified atom stereocenters. The van der Waals surface area contributed by atoms with E-state index in [2.05, 4.69) is 10.3 Å². The molecule has 0 aliphatic rings. The maximum atomic E-state index is 13.6. The minimum atomic E-state index is -0.237. The fraction of sp³-hybridized carbons (Fsp3) is 0.211. The van der Waals surface area contributed by atoms with E-state index in [-0.39, 0.29) is 11.7 Å². The van der Waals surface area contributed by atoms with Crippen LogP contribution in [0.25, 0.3) is 10.9 Å². The summed E-state index contributed by atoms with van der Waals surface area (Å²) in [7, 11) is 0. The second-order valence-electron chi connectivity index (χ2n) is 5.77. The lowest BCUT2D eigenvalue weighted by molar-refractivity contribution is 0.0949. The van der Waals surface area contributed by atoms with Crippen LogP contribution in [0.15, 0.2) is 42.5 Å². The van der Waals surface area contributed by atoms with E-state index < -0.39 is 0 Å². The SMILES string of the molecule is Cc1ccc2c(C)c(C(=O)NCCc3ccccc3F)[nH]c2c1. The van der Waals surface area contributed by atoms with Gasteiger partial charge in [0.15, 0.2) is 0 Å². The molecule has 1 amide bonds. The molecule has 1 aromatic heterocycles. The summed E-state index contributed by atoms with van der Waals surface area (Å²) < 4.78 is 13.6. The number of aryl methyl sites for hydroxylation is 2. The average Bonchev–Trinajstić information content (AvgIpc) is 2.85. The minimum absolute atomic E-state index is 0.160. The molecule has 2 aromatic carbocycles. The fourth-order valence-electron chi connectivity index (χ4n) is 2.78. The Morgan fingerprint density at radius 2 is 1.96 bits per heavy atom. The molecule has 3 aromatic rings. The molecular weight excluding hydrogens is 291 g/mol. The van der Waals surface area contributed by atoms with Crippen LogP contribution in [0.3, 0.4) is 0 Å². The standard InChI is InChI=1S/C19H19FN2O/c1-12-7-8-15-13(2)18(22-17(15)11-12)19(23)21-10-9-14-5-3-4-6-16(14)20/h3-8,11,22H,9-10H2,1-2H3,(H,21,23). The number of fused-ring (bicyclic) bond motifs is 1. The number of benzene rings is 2. The van der Waals surface area contributed by atoms with Gasteiger partial charge in [0.1, 0.15) is 11.5 Å². The zero-order valence-electron chi connectivity index (χ0n) is 13.2. The Kier molecular flexibility index (Phi) is 4.15. The highest BCUT2D eigenvalue weighted by atomic mass is 19.1. The maximum absolute atomic E-state index is 13.6. The van der Waals surface area contributed by atoms with Gasteiger partial charge in [-0.05, 0) is 49.1 Å². The number of hydrogen-bond donors (Lipinski definition) is 2. The van der Waals surface area contributed by atoms with Crippen LogP contribution in [0.1, 0.15) is 27.2 Å². The molecule has 3 nitrogen and oxygen atoms in total. The van der Waals surface area contributed by atoms with Crippen molar-refractivity contribution in [3.05, 3.63) is 70.7 Å². The topological polar surface area (TPSA) is 44.9 Å². The Morgan fingerprint density at radius 3 is 2.74 bits per heavy atom. The van der Waals surface area contributed by atoms with Gasteiger partial charge in [-0.2, -0.15) is 0 Å². The first-order valence-corrected chi connectivity index (χ1v) is 7.67. The highest BCUT2D eigenvalue weighted by Gasteiger charge is 2.14. The van der Waals surface area contributed by atoms with Crippen LogP contribution in [-0.4, -0.2) is 17.4 Å². The van der Waals surface area contributed by atoms with Gasteiger partial charge in [0, 0.05) is 17.4 Å². The summed E-state index contributed by atoms with van der Waals surface area (Å²) in [5.41, 5.74) is 4.21. The van der Waals surface area contributed by atoms with Crippen molar-refractivity contribution in [2.24, 2.45) is 0 Å². The number of H-pyrrole nitrogens is 1. The van der Waals surface area contributed by atoms with Gasteiger partial charge < -0.3 is 10.3 Å². The Hall–Kier alpha value is -2.62. The number of aromatic nitrogens is 1. The zero-order chi connectivity index (χ0) is 16.4. The molecule has 0 aliphatic carbocycles. The average molecular weight is 310 g/mol. The van der Waals surface area contributed by atoms with Crippen LogP contribution < -0.4 is 5.32 Å². The van der Waals surface area contributed by atoms with E-state index in [1.807, 2.05) is 32.0 Å². The maximum Gasteiger partial charge on any atom is 0.268 e. The first-order chi connectivity index (χ1) is 11.1. The molecule has 0 spiro atoms. The first kappa shape index (κ1) is 15.3. The van der Waals surface area contributed by atoms with E-state index in [0.29, 0.717) is 24.2 Å². The number of amides is 1. The summed E-state index contributed by atoms with van der Waals surface area (Å²) in [6, 6.07) is 12.7. The zero-order valence-corrected chi connectivity index (χ0v) is 13.2. The Labute approximate surface area is 134 Å². The Balaban J connectivity index is 1.71. The third-order valence-electron chi connectivity index (χ3n) is 4.08. The quantitative estimate of drug-likeness (QED) is 0.754. The molecule has 0 saturated carbocycles. The molecule has 2 N–H and O–H groups in total. The molecule has 0 bridgehead atoms. The van der Waals surface area contributed by atoms with Crippen molar-refractivity contribution in [3.8, 4) is 0 Å². The molecule has 23 heavy (non-hydrogen) atoms. The molecule has 0 radical (unpaired) electrons. The van der Waals surface area contributed by atoms with E-state index in [4.69, 9.17) is 0 Å². The largest absolute Gasteiger partial charge is 0.350 e. The van der Waals surface area contributed by atoms with Gasteiger partial charge in [0.25, 0.3) is 5.91 Å². The lowest BCUT2D eigenvalue weighted by atomic mass is 10.1. The van der Waals surface area contributed by atoms with Crippen molar-refractivity contribution in [2.45, 2.75) is 20.3 Å². The third kappa shape index (κ3) is 3.11. The van der Waals surface area contributed by atoms with Crippen molar-refractivity contribution in [2.75, 3.05) is 6.54 Å². The van der Waals surface area contributed by atoms with E-state index in [1.54, 1.807) is 18.2 Å². The van der Waals surface area contributed by atoms with Gasteiger partial charge >= 0.3 is 0 Å². The van der Waals surface area contributed by atoms with E-state index in [1.165, 1.54) is 6.07 Å². The summed E-state index contributed by atoms with van der Waals surface area (Å²) in [5.74, 6) is -0.397. The normalized spacial score (nSPS) is 10.9. The number of carbonyl (C=O) groups is 1. The van der Waals surface area contributed by atoms with E-state index >= 15 is 0 Å². The number of carbonyl (C=O) groups excluding carboxylic acids is 1. The molecule has 3 rings (SSSR count). The highest BCUT2D eigenvalue weighted by Crippen LogP contribution is 2.22. The smallest absolute Gasteiger partial charge is 0.268 e. The molecule has 4 heteroatoms. The van der Waals surface area contributed by atoms with Gasteiger partial charge in [-0.1, -0.05) is 30.3 Å². The predicted molar refractivity (Wildman–Crippen MR) is 90.2 cm³/mol. The predicted octanol–water partition coefficient (Wildman–Crippen LogP) is 3.90. The number of rotatable bonds is 4. The van der Waals surface area contributed by atoms with Crippen molar-refractivity contribution >= 4 is 16.8 Å². The molecule has 0 saturated heterocycles. The van der Waals surface area contributed by atoms with Crippen LogP contribution in [-0.2, 0) is 6.42 Å². The van der Waals surface area contributed by atoms with Crippen LogP contribution in [0, 0.1) is 19.7 Å². The number of hydrogen-bond acceptors (Lipinski definition) is 1. The first-order valence-electron chi connectivity index (χ1n) is 7.67. The summed E-state index contributed by atoms with van der Waals surface area (Å²) in [6.45, 7) is 4.34. The second-order valence-corrected chi connectivity index (χ2v) is 5.77. The number of nitrogens with one attached hydrogen (secondary N) is 2. The van der Waals surface area contributed by atoms with Gasteiger partial charge in [0.05, 0.1) is 0 Å². The molecule has 118 valence electrons. The molecule has 0 fully saturated rings. The monoisotopic (exact) mass is 310 g/mol. The summed E-state index contributed by atoms with van der Waals surface area (Å²) >= 11 is 0. The molecular formula is C19H19FN2O. The van der Waals surface area contributed by atoms with E-state index in [0.717, 1.165) is 22.0 Å². The van der Waals surface area contributed by atoms with Crippen LogP contribution in [0.2, 0.25) is 0 Å². The highest BCUT2D eigenvalue weighted by molar-refractivity contribution is 6.00. The van der Waals surface area contributed by atoms with Gasteiger partial charge in [0.2, 0.25) is 0 Å². The fourth-order valence-corrected chi connectivity index (χ4v) is 2.78. The summed E-state index contributed by atoms with van der Waals surface area (Å²) in [4.78, 5) is 15.5. The molecule has 0 atom stereocenters. The van der Waals surface area contributed by atoms with Crippen molar-refractivity contribution < 1.29 is 9.18 Å². The van der Waals surface area contributed by atoms with Crippen molar-refractivity contribution in [3.63, 3.8) is 0 Å². The molecule has 0 aliphatic heterocycles. The summed E-state index contributed by atoms with van der Waals surface area (Å²) in [5, 5.41) is 3.90. The summed E-state index contributed by atoms with van der Waals surface area (Å²) in [6.07, 6.45) is 0.469. The Bertz CT molecular complexity index is 867. The minimum Gasteiger partial charge on any atom is -0.350 e. The van der Waals surface area contributed by atoms with Crippen LogP contribution in [0.4, 0.5) is 4.39 Å². The number of aromatic amines is 1. The van der Waals surface area contributed by atoms with Crippen LogP contribution in [0.5, 0.6) is 0 Å².